The average Bonchev–Trinajstić information content (AvgIpc) is 2.55. The van der Waals surface area contributed by atoms with Crippen LogP contribution in [0.5, 0.6) is 5.75 Å². The number of aryl methyl sites for hydroxylation is 1. The maximum atomic E-state index is 14.0. The molecule has 25 heavy (non-hydrogen) atoms. The van der Waals surface area contributed by atoms with Gasteiger partial charge in [-0.25, -0.2) is 4.79 Å². The van der Waals surface area contributed by atoms with Gasteiger partial charge in [0.1, 0.15) is 5.75 Å². The molecule has 3 rings (SSSR count). The van der Waals surface area contributed by atoms with E-state index in [9.17, 15) is 23.1 Å². The molecule has 1 aliphatic heterocycles. The maximum absolute atomic E-state index is 14.0. The van der Waals surface area contributed by atoms with Crippen molar-refractivity contribution in [3.8, 4) is 5.75 Å². The molecular formula is C19H15F3O3. The molecule has 1 aliphatic rings. The molecule has 1 atom stereocenters. The summed E-state index contributed by atoms with van der Waals surface area (Å²) in [5, 5.41) is 9.44. The Bertz CT molecular complexity index is 838. The third-order valence-corrected chi connectivity index (χ3v) is 4.20. The van der Waals surface area contributed by atoms with E-state index in [1.54, 1.807) is 36.4 Å². The van der Waals surface area contributed by atoms with Crippen LogP contribution in [0.1, 0.15) is 16.7 Å². The number of aliphatic carboxylic acids is 1. The lowest BCUT2D eigenvalue weighted by Gasteiger charge is -2.39. The molecule has 2 aromatic rings. The zero-order chi connectivity index (χ0) is 18.2. The molecule has 0 saturated carbocycles. The lowest BCUT2D eigenvalue weighted by atomic mass is 9.82. The van der Waals surface area contributed by atoms with E-state index in [0.29, 0.717) is 11.1 Å². The Morgan fingerprint density at radius 2 is 1.76 bits per heavy atom. The Kier molecular flexibility index (Phi) is 4.06. The van der Waals surface area contributed by atoms with Crippen LogP contribution in [-0.4, -0.2) is 22.9 Å². The Hall–Kier alpha value is -2.76. The van der Waals surface area contributed by atoms with Crippen molar-refractivity contribution < 1.29 is 27.8 Å². The zero-order valence-electron chi connectivity index (χ0n) is 13.3. The molecular weight excluding hydrogens is 333 g/mol. The van der Waals surface area contributed by atoms with Crippen LogP contribution in [0, 0.1) is 6.92 Å². The number of benzene rings is 2. The number of hydrogen-bond donors (Lipinski definition) is 1. The second-order valence-corrected chi connectivity index (χ2v) is 5.99. The van der Waals surface area contributed by atoms with Crippen molar-refractivity contribution in [3.05, 3.63) is 70.8 Å². The second kappa shape index (κ2) is 5.95. The minimum atomic E-state index is -4.91. The summed E-state index contributed by atoms with van der Waals surface area (Å²) in [6.07, 6.45) is -4.48. The van der Waals surface area contributed by atoms with Gasteiger partial charge in [-0.1, -0.05) is 48.0 Å². The average molecular weight is 348 g/mol. The molecule has 0 bridgehead atoms. The molecule has 0 spiro atoms. The quantitative estimate of drug-likeness (QED) is 0.894. The van der Waals surface area contributed by atoms with Gasteiger partial charge in [0.15, 0.2) is 0 Å². The van der Waals surface area contributed by atoms with Crippen molar-refractivity contribution in [3.63, 3.8) is 0 Å². The van der Waals surface area contributed by atoms with Gasteiger partial charge in [0.25, 0.3) is 0 Å². The second-order valence-electron chi connectivity index (χ2n) is 5.99. The van der Waals surface area contributed by atoms with E-state index in [1.165, 1.54) is 12.1 Å². The van der Waals surface area contributed by atoms with Gasteiger partial charge in [-0.2, -0.15) is 13.2 Å². The van der Waals surface area contributed by atoms with Crippen LogP contribution in [0.15, 0.2) is 54.1 Å². The highest BCUT2D eigenvalue weighted by atomic mass is 19.4. The van der Waals surface area contributed by atoms with E-state index in [-0.39, 0.29) is 5.75 Å². The molecule has 6 heteroatoms. The number of rotatable bonds is 3. The Morgan fingerprint density at radius 3 is 2.36 bits per heavy atom. The van der Waals surface area contributed by atoms with Crippen LogP contribution in [0.2, 0.25) is 0 Å². The number of alkyl halides is 3. The number of hydrogen-bond acceptors (Lipinski definition) is 2. The van der Waals surface area contributed by atoms with Gasteiger partial charge in [-0.05, 0) is 24.6 Å². The lowest BCUT2D eigenvalue weighted by Crippen LogP contribution is -2.56. The number of ether oxygens (including phenoxy) is 1. The van der Waals surface area contributed by atoms with Crippen LogP contribution >= 0.6 is 0 Å². The zero-order valence-corrected chi connectivity index (χ0v) is 13.3. The fourth-order valence-electron chi connectivity index (χ4n) is 2.88. The number of carbonyl (C=O) groups is 1. The molecule has 0 saturated heterocycles. The van der Waals surface area contributed by atoms with E-state index < -0.39 is 29.7 Å². The lowest BCUT2D eigenvalue weighted by molar-refractivity contribution is -0.235. The SMILES string of the molecule is Cc1ccc(CC2(C(F)(F)F)Oc3ccccc3C=C2C(=O)O)cc1. The summed E-state index contributed by atoms with van der Waals surface area (Å²) in [6.45, 7) is 1.82. The van der Waals surface area contributed by atoms with E-state index in [1.807, 2.05) is 6.92 Å². The normalized spacial score (nSPS) is 19.6. The van der Waals surface area contributed by atoms with Crippen molar-refractivity contribution in [1.29, 1.82) is 0 Å². The van der Waals surface area contributed by atoms with Gasteiger partial charge in [0, 0.05) is 12.0 Å². The number of carboxylic acids is 1. The first-order valence-electron chi connectivity index (χ1n) is 7.59. The van der Waals surface area contributed by atoms with E-state index in [4.69, 9.17) is 4.74 Å². The standard InChI is InChI=1S/C19H15F3O3/c1-12-6-8-13(9-7-12)11-18(19(20,21)22)15(17(23)24)10-14-4-2-3-5-16(14)25-18/h2-10H,11H2,1H3,(H,23,24). The number of fused-ring (bicyclic) bond motifs is 1. The molecule has 0 aliphatic carbocycles. The van der Waals surface area contributed by atoms with Gasteiger partial charge >= 0.3 is 12.1 Å². The summed E-state index contributed by atoms with van der Waals surface area (Å²) in [5.41, 5.74) is -2.21. The third kappa shape index (κ3) is 2.99. The topological polar surface area (TPSA) is 46.5 Å². The monoisotopic (exact) mass is 348 g/mol. The largest absolute Gasteiger partial charge is 0.478 e. The molecule has 1 unspecified atom stereocenters. The highest BCUT2D eigenvalue weighted by Gasteiger charge is 2.62. The molecule has 1 heterocycles. The summed E-state index contributed by atoms with van der Waals surface area (Å²) in [5.74, 6) is -1.64. The van der Waals surface area contributed by atoms with Crippen molar-refractivity contribution >= 4 is 12.0 Å². The molecule has 0 amide bonds. The first-order valence-corrected chi connectivity index (χ1v) is 7.59. The molecule has 3 nitrogen and oxygen atoms in total. The minimum absolute atomic E-state index is 0.0111. The van der Waals surface area contributed by atoms with E-state index >= 15 is 0 Å². The molecule has 0 radical (unpaired) electrons. The molecule has 2 aromatic carbocycles. The van der Waals surface area contributed by atoms with Gasteiger partial charge in [-0.3, -0.25) is 0 Å². The van der Waals surface area contributed by atoms with Crippen LogP contribution in [0.4, 0.5) is 13.2 Å². The maximum Gasteiger partial charge on any atom is 0.433 e. The van der Waals surface area contributed by atoms with Gasteiger partial charge in [0.2, 0.25) is 5.60 Å². The minimum Gasteiger partial charge on any atom is -0.478 e. The third-order valence-electron chi connectivity index (χ3n) is 4.20. The van der Waals surface area contributed by atoms with Crippen molar-refractivity contribution in [2.75, 3.05) is 0 Å². The number of halogens is 3. The highest BCUT2D eigenvalue weighted by molar-refractivity contribution is 5.96. The molecule has 0 fully saturated rings. The molecule has 0 aromatic heterocycles. The summed E-state index contributed by atoms with van der Waals surface area (Å²) >= 11 is 0. The Balaban J connectivity index is 2.17. The Labute approximate surface area is 142 Å². The highest BCUT2D eigenvalue weighted by Crippen LogP contribution is 2.47. The molecule has 1 N–H and O–H groups in total. The fourth-order valence-corrected chi connectivity index (χ4v) is 2.88. The summed E-state index contributed by atoms with van der Waals surface area (Å²) in [4.78, 5) is 11.6. The first kappa shape index (κ1) is 17.1. The smallest absolute Gasteiger partial charge is 0.433 e. The van der Waals surface area contributed by atoms with Crippen LogP contribution in [0.3, 0.4) is 0 Å². The van der Waals surface area contributed by atoms with Crippen molar-refractivity contribution in [1.82, 2.24) is 0 Å². The summed E-state index contributed by atoms with van der Waals surface area (Å²) in [7, 11) is 0. The van der Waals surface area contributed by atoms with Crippen molar-refractivity contribution in [2.24, 2.45) is 0 Å². The summed E-state index contributed by atoms with van der Waals surface area (Å²) < 4.78 is 47.4. The number of carboxylic acid groups (broad SMARTS) is 1. The first-order chi connectivity index (χ1) is 11.7. The van der Waals surface area contributed by atoms with Gasteiger partial charge < -0.3 is 9.84 Å². The van der Waals surface area contributed by atoms with Gasteiger partial charge in [-0.15, -0.1) is 0 Å². The van der Waals surface area contributed by atoms with Crippen LogP contribution in [0.25, 0.3) is 6.08 Å². The fraction of sp³-hybridized carbons (Fsp3) is 0.211. The van der Waals surface area contributed by atoms with Crippen LogP contribution in [-0.2, 0) is 11.2 Å². The molecule has 130 valence electrons. The van der Waals surface area contributed by atoms with Gasteiger partial charge in [0.05, 0.1) is 5.57 Å². The Morgan fingerprint density at radius 1 is 1.12 bits per heavy atom. The predicted octanol–water partition coefficient (Wildman–Crippen LogP) is 4.40. The van der Waals surface area contributed by atoms with Crippen LogP contribution < -0.4 is 4.74 Å². The number of para-hydroxylation sites is 1. The van der Waals surface area contributed by atoms with Crippen molar-refractivity contribution in [2.45, 2.75) is 25.1 Å². The summed E-state index contributed by atoms with van der Waals surface area (Å²) in [6, 6.07) is 12.5. The van der Waals surface area contributed by atoms with E-state index in [0.717, 1.165) is 11.6 Å². The predicted molar refractivity (Wildman–Crippen MR) is 86.4 cm³/mol. The van der Waals surface area contributed by atoms with E-state index in [2.05, 4.69) is 0 Å².